The largest absolute Gasteiger partial charge is 0.456 e. The van der Waals surface area contributed by atoms with Crippen molar-refractivity contribution in [3.63, 3.8) is 0 Å². The summed E-state index contributed by atoms with van der Waals surface area (Å²) in [7, 11) is 0. The van der Waals surface area contributed by atoms with Crippen molar-refractivity contribution in [2.75, 3.05) is 4.90 Å². The van der Waals surface area contributed by atoms with Gasteiger partial charge in [0, 0.05) is 59.8 Å². The van der Waals surface area contributed by atoms with E-state index >= 15 is 0 Å². The highest BCUT2D eigenvalue weighted by Crippen LogP contribution is 2.49. The van der Waals surface area contributed by atoms with E-state index in [1.807, 2.05) is 17.4 Å². The summed E-state index contributed by atoms with van der Waals surface area (Å²) in [6, 6.07) is 74.9. The summed E-state index contributed by atoms with van der Waals surface area (Å²) >= 11 is 1.89. The number of para-hydroxylation sites is 1. The van der Waals surface area contributed by atoms with Crippen molar-refractivity contribution < 1.29 is 4.42 Å². The molecule has 0 aliphatic rings. The minimum absolute atomic E-state index is 0.893. The number of hydrogen-bond acceptors (Lipinski definition) is 3. The Kier molecular flexibility index (Phi) is 7.18. The number of rotatable bonds is 6. The molecule has 0 amide bonds. The predicted octanol–water partition coefficient (Wildman–Crippen LogP) is 16.4. The first-order chi connectivity index (χ1) is 29.7. The fraction of sp³-hybridized carbons (Fsp3) is 0. The van der Waals surface area contributed by atoms with Crippen LogP contribution in [-0.2, 0) is 0 Å². The fourth-order valence-electron chi connectivity index (χ4n) is 9.55. The lowest BCUT2D eigenvalue weighted by molar-refractivity contribution is 0.669. The lowest BCUT2D eigenvalue weighted by Gasteiger charge is -2.26. The van der Waals surface area contributed by atoms with Gasteiger partial charge in [0.05, 0.1) is 15.7 Å². The Morgan fingerprint density at radius 2 is 0.983 bits per heavy atom. The summed E-state index contributed by atoms with van der Waals surface area (Å²) in [5, 5.41) is 9.88. The quantitative estimate of drug-likeness (QED) is 0.157. The van der Waals surface area contributed by atoms with E-state index in [0.29, 0.717) is 0 Å². The molecule has 13 aromatic rings. The number of aromatic nitrogens is 1. The lowest BCUT2D eigenvalue weighted by Crippen LogP contribution is -2.10. The molecule has 0 saturated carbocycles. The van der Waals surface area contributed by atoms with Crippen molar-refractivity contribution in [2.24, 2.45) is 0 Å². The Morgan fingerprint density at radius 3 is 1.68 bits per heavy atom. The summed E-state index contributed by atoms with van der Waals surface area (Å²) in [6.07, 6.45) is 0. The van der Waals surface area contributed by atoms with Crippen LogP contribution in [-0.4, -0.2) is 4.57 Å². The highest BCUT2D eigenvalue weighted by Gasteiger charge is 2.24. The highest BCUT2D eigenvalue weighted by molar-refractivity contribution is 7.26. The van der Waals surface area contributed by atoms with Crippen LogP contribution < -0.4 is 4.90 Å². The summed E-state index contributed by atoms with van der Waals surface area (Å²) in [6.45, 7) is 0. The molecular formula is C56H34N2OS. The van der Waals surface area contributed by atoms with E-state index < -0.39 is 0 Å². The molecule has 0 radical (unpaired) electrons. The van der Waals surface area contributed by atoms with E-state index in [-0.39, 0.29) is 0 Å². The van der Waals surface area contributed by atoms with Gasteiger partial charge >= 0.3 is 0 Å². The van der Waals surface area contributed by atoms with E-state index in [4.69, 9.17) is 4.42 Å². The zero-order valence-corrected chi connectivity index (χ0v) is 33.2. The molecule has 0 aliphatic carbocycles. The maximum Gasteiger partial charge on any atom is 0.135 e. The van der Waals surface area contributed by atoms with Crippen LogP contribution in [0.2, 0.25) is 0 Å². The Labute approximate surface area is 349 Å². The first-order valence-electron chi connectivity index (χ1n) is 20.4. The Hall–Kier alpha value is -7.66. The van der Waals surface area contributed by atoms with Gasteiger partial charge in [0.1, 0.15) is 11.2 Å². The molecule has 0 aliphatic heterocycles. The molecule has 0 unspecified atom stereocenters. The van der Waals surface area contributed by atoms with Gasteiger partial charge in [-0.15, -0.1) is 11.3 Å². The SMILES string of the molecule is c1ccc(-c2ccc(N(c3ccc(-c4ccccc4)cc3)c3cc4ccc5cc6c7ccccc7sc6c6c5c4c(c3)n6-c3ccc4oc5ccccc5c4c3)cc2)cc1. The van der Waals surface area contributed by atoms with E-state index in [0.717, 1.165) is 44.7 Å². The van der Waals surface area contributed by atoms with Crippen molar-refractivity contribution in [3.8, 4) is 27.9 Å². The minimum Gasteiger partial charge on any atom is -0.456 e. The normalized spacial score (nSPS) is 12.0. The van der Waals surface area contributed by atoms with Gasteiger partial charge < -0.3 is 13.9 Å². The average molecular weight is 783 g/mol. The van der Waals surface area contributed by atoms with Crippen LogP contribution in [0.5, 0.6) is 0 Å². The maximum atomic E-state index is 6.36. The second-order valence-electron chi connectivity index (χ2n) is 15.7. The van der Waals surface area contributed by atoms with E-state index in [2.05, 4.69) is 210 Å². The third-order valence-electron chi connectivity index (χ3n) is 12.3. The van der Waals surface area contributed by atoms with Gasteiger partial charge in [-0.3, -0.25) is 0 Å². The van der Waals surface area contributed by atoms with Gasteiger partial charge in [-0.25, -0.2) is 0 Å². The molecule has 0 spiro atoms. The zero-order chi connectivity index (χ0) is 39.3. The Bertz CT molecular complexity index is 3660. The maximum absolute atomic E-state index is 6.36. The van der Waals surface area contributed by atoms with Crippen LogP contribution in [0, 0.1) is 0 Å². The molecule has 10 aromatic carbocycles. The van der Waals surface area contributed by atoms with Crippen LogP contribution in [0.1, 0.15) is 0 Å². The summed E-state index contributed by atoms with van der Waals surface area (Å²) < 4.78 is 11.5. The van der Waals surface area contributed by atoms with Crippen molar-refractivity contribution in [1.29, 1.82) is 0 Å². The molecular weight excluding hydrogens is 749 g/mol. The number of nitrogens with zero attached hydrogens (tertiary/aromatic N) is 2. The van der Waals surface area contributed by atoms with Crippen LogP contribution >= 0.6 is 11.3 Å². The molecule has 280 valence electrons. The smallest absolute Gasteiger partial charge is 0.135 e. The van der Waals surface area contributed by atoms with E-state index in [1.165, 1.54) is 75.0 Å². The molecule has 60 heavy (non-hydrogen) atoms. The standard InChI is InChI=1S/C56H34N2OS/c1-3-11-35(12-4-1)37-21-25-41(26-22-37)57(42-27-23-38(24-28-42)36-13-5-2-6-14-36)44-31-39-19-20-40-32-48-46-16-8-10-18-52(46)60-56(48)55-54(40)53(39)49(34-44)58(55)43-29-30-51-47(33-43)45-15-7-9-17-50(45)59-51/h1-34H. The lowest BCUT2D eigenvalue weighted by atomic mass is 9.99. The zero-order valence-electron chi connectivity index (χ0n) is 32.3. The van der Waals surface area contributed by atoms with Gasteiger partial charge in [-0.2, -0.15) is 0 Å². The first kappa shape index (κ1) is 33.3. The average Bonchev–Trinajstić information content (AvgIpc) is 3.99. The Balaban J connectivity index is 1.10. The molecule has 0 N–H and O–H groups in total. The minimum atomic E-state index is 0.893. The number of hydrogen-bond donors (Lipinski definition) is 0. The molecule has 13 rings (SSSR count). The van der Waals surface area contributed by atoms with Crippen molar-refractivity contribution >= 4 is 103 Å². The summed E-state index contributed by atoms with van der Waals surface area (Å²) in [5.74, 6) is 0. The van der Waals surface area contributed by atoms with Crippen LogP contribution in [0.15, 0.2) is 211 Å². The third-order valence-corrected chi connectivity index (χ3v) is 13.5. The molecule has 0 fully saturated rings. The second-order valence-corrected chi connectivity index (χ2v) is 16.8. The number of anilines is 3. The number of furan rings is 1. The molecule has 4 heteroatoms. The van der Waals surface area contributed by atoms with Gasteiger partial charge in [-0.05, 0) is 106 Å². The summed E-state index contributed by atoms with van der Waals surface area (Å²) in [5.41, 5.74) is 13.4. The molecule has 0 saturated heterocycles. The van der Waals surface area contributed by atoms with E-state index in [1.54, 1.807) is 0 Å². The molecule has 3 heterocycles. The fourth-order valence-corrected chi connectivity index (χ4v) is 10.8. The second kappa shape index (κ2) is 12.9. The number of benzene rings is 10. The molecule has 0 bridgehead atoms. The number of thiophene rings is 1. The van der Waals surface area contributed by atoms with Gasteiger partial charge in [0.25, 0.3) is 0 Å². The van der Waals surface area contributed by atoms with Crippen molar-refractivity contribution in [1.82, 2.24) is 4.57 Å². The number of fused-ring (bicyclic) bond motifs is 7. The van der Waals surface area contributed by atoms with E-state index in [9.17, 15) is 0 Å². The third kappa shape index (κ3) is 5.01. The predicted molar refractivity (Wildman–Crippen MR) is 255 cm³/mol. The van der Waals surface area contributed by atoms with Crippen LogP contribution in [0.3, 0.4) is 0 Å². The molecule has 0 atom stereocenters. The van der Waals surface area contributed by atoms with Gasteiger partial charge in [-0.1, -0.05) is 133 Å². The first-order valence-corrected chi connectivity index (χ1v) is 21.2. The van der Waals surface area contributed by atoms with Crippen LogP contribution in [0.25, 0.3) is 103 Å². The molecule has 3 nitrogen and oxygen atoms in total. The Morgan fingerprint density at radius 1 is 0.400 bits per heavy atom. The summed E-state index contributed by atoms with van der Waals surface area (Å²) in [4.78, 5) is 2.41. The van der Waals surface area contributed by atoms with Gasteiger partial charge in [0.2, 0.25) is 0 Å². The molecule has 3 aromatic heterocycles. The highest BCUT2D eigenvalue weighted by atomic mass is 32.1. The van der Waals surface area contributed by atoms with Crippen molar-refractivity contribution in [2.45, 2.75) is 0 Å². The van der Waals surface area contributed by atoms with Crippen LogP contribution in [0.4, 0.5) is 17.1 Å². The topological polar surface area (TPSA) is 21.3 Å². The van der Waals surface area contributed by atoms with Gasteiger partial charge in [0.15, 0.2) is 0 Å². The van der Waals surface area contributed by atoms with Crippen molar-refractivity contribution in [3.05, 3.63) is 206 Å². The monoisotopic (exact) mass is 782 g/mol.